The topological polar surface area (TPSA) is 72.3 Å². The van der Waals surface area contributed by atoms with E-state index in [4.69, 9.17) is 4.74 Å². The number of carbonyl (C=O) groups is 1. The Labute approximate surface area is 106 Å². The minimum absolute atomic E-state index is 0.0601. The van der Waals surface area contributed by atoms with Crippen LogP contribution in [-0.4, -0.2) is 65.0 Å². The molecule has 1 aliphatic heterocycles. The molecule has 1 amide bonds. The largest absolute Gasteiger partial charge is 0.373 e. The van der Waals surface area contributed by atoms with E-state index in [1.807, 2.05) is 18.9 Å². The second-order valence-corrected chi connectivity index (χ2v) is 4.39. The number of morpholine rings is 1. The lowest BCUT2D eigenvalue weighted by Crippen LogP contribution is -2.50. The molecule has 100 valence electrons. The molecule has 0 saturated carbocycles. The molecule has 0 radical (unpaired) electrons. The van der Waals surface area contributed by atoms with Crippen molar-refractivity contribution in [2.45, 2.75) is 19.1 Å². The van der Waals surface area contributed by atoms with Crippen molar-refractivity contribution >= 4 is 5.91 Å². The number of aromatic nitrogens is 3. The molecule has 0 bridgehead atoms. The molecule has 1 aromatic heterocycles. The smallest absolute Gasteiger partial charge is 0.247 e. The van der Waals surface area contributed by atoms with Gasteiger partial charge in [-0.3, -0.25) is 4.79 Å². The van der Waals surface area contributed by atoms with Crippen LogP contribution in [0.2, 0.25) is 0 Å². The summed E-state index contributed by atoms with van der Waals surface area (Å²) in [7, 11) is 1.88. The average Bonchev–Trinajstić information content (AvgIpc) is 2.91. The zero-order valence-electron chi connectivity index (χ0n) is 10.7. The van der Waals surface area contributed by atoms with E-state index < -0.39 is 0 Å². The predicted octanol–water partition coefficient (Wildman–Crippen LogP) is -0.714. The normalized spacial score (nSPS) is 21.9. The number of hydrogen-bond donors (Lipinski definition) is 1. The van der Waals surface area contributed by atoms with Crippen molar-refractivity contribution in [3.8, 4) is 0 Å². The fourth-order valence-corrected chi connectivity index (χ4v) is 2.07. The van der Waals surface area contributed by atoms with Gasteiger partial charge in [0.05, 0.1) is 12.7 Å². The number of nitrogens with zero attached hydrogens (tertiary/aromatic N) is 4. The van der Waals surface area contributed by atoms with Crippen LogP contribution in [0.4, 0.5) is 0 Å². The SMILES string of the molecule is CNCC1CN(C(=O)C(C)n2cncn2)CCO1. The molecule has 1 saturated heterocycles. The number of rotatable bonds is 4. The molecule has 2 atom stereocenters. The molecule has 2 rings (SSSR count). The fraction of sp³-hybridized carbons (Fsp3) is 0.727. The molecule has 1 fully saturated rings. The number of hydrogen-bond acceptors (Lipinski definition) is 5. The van der Waals surface area contributed by atoms with E-state index in [0.29, 0.717) is 19.7 Å². The molecule has 7 heteroatoms. The third kappa shape index (κ3) is 2.85. The van der Waals surface area contributed by atoms with Gasteiger partial charge in [0.1, 0.15) is 18.7 Å². The Morgan fingerprint density at radius 3 is 3.17 bits per heavy atom. The first-order valence-corrected chi connectivity index (χ1v) is 6.11. The Kier molecular flexibility index (Phi) is 4.27. The van der Waals surface area contributed by atoms with Crippen molar-refractivity contribution in [1.82, 2.24) is 25.0 Å². The van der Waals surface area contributed by atoms with Crippen molar-refractivity contribution < 1.29 is 9.53 Å². The summed E-state index contributed by atoms with van der Waals surface area (Å²) >= 11 is 0. The van der Waals surface area contributed by atoms with Gasteiger partial charge in [0.15, 0.2) is 0 Å². The molecule has 2 heterocycles. The third-order valence-corrected chi connectivity index (χ3v) is 3.07. The zero-order chi connectivity index (χ0) is 13.0. The van der Waals surface area contributed by atoms with Crippen molar-refractivity contribution in [2.24, 2.45) is 0 Å². The summed E-state index contributed by atoms with van der Waals surface area (Å²) in [5.41, 5.74) is 0. The Balaban J connectivity index is 1.96. The van der Waals surface area contributed by atoms with Crippen molar-refractivity contribution in [3.05, 3.63) is 12.7 Å². The van der Waals surface area contributed by atoms with E-state index in [1.54, 1.807) is 11.0 Å². The molecule has 0 spiro atoms. The second-order valence-electron chi connectivity index (χ2n) is 4.39. The van der Waals surface area contributed by atoms with Gasteiger partial charge in [0.2, 0.25) is 5.91 Å². The lowest BCUT2D eigenvalue weighted by molar-refractivity contribution is -0.142. The molecule has 1 N–H and O–H groups in total. The standard InChI is InChI=1S/C11H19N5O2/c1-9(16-8-13-7-14-16)11(17)15-3-4-18-10(6-15)5-12-2/h7-10,12H,3-6H2,1-2H3. The lowest BCUT2D eigenvalue weighted by atomic mass is 10.2. The van der Waals surface area contributed by atoms with Crippen molar-refractivity contribution in [3.63, 3.8) is 0 Å². The molecular weight excluding hydrogens is 234 g/mol. The minimum Gasteiger partial charge on any atom is -0.373 e. The fourth-order valence-electron chi connectivity index (χ4n) is 2.07. The van der Waals surface area contributed by atoms with Gasteiger partial charge in [-0.05, 0) is 14.0 Å². The number of carbonyl (C=O) groups excluding carboxylic acids is 1. The average molecular weight is 253 g/mol. The second kappa shape index (κ2) is 5.92. The van der Waals surface area contributed by atoms with Crippen LogP contribution >= 0.6 is 0 Å². The zero-order valence-corrected chi connectivity index (χ0v) is 10.7. The van der Waals surface area contributed by atoms with Crippen LogP contribution in [0.1, 0.15) is 13.0 Å². The van der Waals surface area contributed by atoms with Gasteiger partial charge < -0.3 is 15.0 Å². The summed E-state index contributed by atoms with van der Waals surface area (Å²) in [6.07, 6.45) is 3.07. The van der Waals surface area contributed by atoms with Gasteiger partial charge in [-0.2, -0.15) is 5.10 Å². The summed E-state index contributed by atoms with van der Waals surface area (Å²) in [5, 5.41) is 7.07. The monoisotopic (exact) mass is 253 g/mol. The van der Waals surface area contributed by atoms with Crippen LogP contribution in [0.3, 0.4) is 0 Å². The lowest BCUT2D eigenvalue weighted by Gasteiger charge is -2.34. The van der Waals surface area contributed by atoms with Gasteiger partial charge in [-0.1, -0.05) is 0 Å². The molecular formula is C11H19N5O2. The highest BCUT2D eigenvalue weighted by Crippen LogP contribution is 2.12. The molecule has 2 unspecified atom stereocenters. The number of nitrogens with one attached hydrogen (secondary N) is 1. The van der Waals surface area contributed by atoms with Crippen LogP contribution in [0.15, 0.2) is 12.7 Å². The number of amides is 1. The van der Waals surface area contributed by atoms with Gasteiger partial charge >= 0.3 is 0 Å². The van der Waals surface area contributed by atoms with Gasteiger partial charge in [-0.25, -0.2) is 9.67 Å². The van der Waals surface area contributed by atoms with E-state index in [9.17, 15) is 4.79 Å². The van der Waals surface area contributed by atoms with Crippen molar-refractivity contribution in [2.75, 3.05) is 33.3 Å². The van der Waals surface area contributed by atoms with Gasteiger partial charge in [0, 0.05) is 19.6 Å². The summed E-state index contributed by atoms with van der Waals surface area (Å²) in [6.45, 7) is 4.43. The predicted molar refractivity (Wildman–Crippen MR) is 65.0 cm³/mol. The van der Waals surface area contributed by atoms with Crippen LogP contribution in [0.5, 0.6) is 0 Å². The minimum atomic E-state index is -0.319. The Morgan fingerprint density at radius 1 is 1.67 bits per heavy atom. The van der Waals surface area contributed by atoms with Gasteiger partial charge in [0.25, 0.3) is 0 Å². The Morgan fingerprint density at radius 2 is 2.50 bits per heavy atom. The molecule has 18 heavy (non-hydrogen) atoms. The maximum Gasteiger partial charge on any atom is 0.247 e. The van der Waals surface area contributed by atoms with Crippen LogP contribution < -0.4 is 5.32 Å². The van der Waals surface area contributed by atoms with E-state index in [1.165, 1.54) is 6.33 Å². The molecule has 1 aromatic rings. The van der Waals surface area contributed by atoms with Crippen LogP contribution in [0, 0.1) is 0 Å². The summed E-state index contributed by atoms with van der Waals surface area (Å²) in [4.78, 5) is 18.0. The first-order valence-electron chi connectivity index (χ1n) is 6.11. The summed E-state index contributed by atoms with van der Waals surface area (Å²) in [6, 6.07) is -0.319. The maximum absolute atomic E-state index is 12.3. The molecule has 7 nitrogen and oxygen atoms in total. The van der Waals surface area contributed by atoms with Crippen molar-refractivity contribution in [1.29, 1.82) is 0 Å². The highest BCUT2D eigenvalue weighted by Gasteiger charge is 2.27. The Hall–Kier alpha value is -1.47. The quantitative estimate of drug-likeness (QED) is 0.767. The first-order chi connectivity index (χ1) is 8.72. The molecule has 0 aliphatic carbocycles. The van der Waals surface area contributed by atoms with E-state index in [2.05, 4.69) is 15.4 Å². The Bertz CT molecular complexity index is 379. The highest BCUT2D eigenvalue weighted by molar-refractivity contribution is 5.80. The van der Waals surface area contributed by atoms with E-state index >= 15 is 0 Å². The first kappa shape index (κ1) is 13.0. The number of likely N-dealkylation sites (N-methyl/N-ethyl adjacent to an activating group) is 1. The molecule has 1 aliphatic rings. The molecule has 0 aromatic carbocycles. The highest BCUT2D eigenvalue weighted by atomic mass is 16.5. The van der Waals surface area contributed by atoms with Crippen LogP contribution in [-0.2, 0) is 9.53 Å². The van der Waals surface area contributed by atoms with E-state index in [-0.39, 0.29) is 18.1 Å². The third-order valence-electron chi connectivity index (χ3n) is 3.07. The van der Waals surface area contributed by atoms with Crippen LogP contribution in [0.25, 0.3) is 0 Å². The summed E-state index contributed by atoms with van der Waals surface area (Å²) in [5.74, 6) is 0.0601. The maximum atomic E-state index is 12.3. The van der Waals surface area contributed by atoms with Gasteiger partial charge in [-0.15, -0.1) is 0 Å². The summed E-state index contributed by atoms with van der Waals surface area (Å²) < 4.78 is 7.15. The van der Waals surface area contributed by atoms with E-state index in [0.717, 1.165) is 6.54 Å². The number of ether oxygens (including phenoxy) is 1.